The standard InChI is InChI=1S/C21H21NO4/c1-13(2)11-19(20(23)24)22-21(25)26-12-18-16-9-5-3-7-14(16)15-8-4-6-10-17(15)18/h3-10,18-19H,1,11-12H2,2H3,(H,22,25)(H,23,24)/t19-/m1/s1. The molecule has 0 fully saturated rings. The van der Waals surface area contributed by atoms with Crippen molar-refractivity contribution in [3.63, 3.8) is 0 Å². The Morgan fingerprint density at radius 2 is 1.65 bits per heavy atom. The first-order valence-electron chi connectivity index (χ1n) is 8.46. The van der Waals surface area contributed by atoms with Gasteiger partial charge in [-0.25, -0.2) is 9.59 Å². The predicted octanol–water partition coefficient (Wildman–Crippen LogP) is 3.94. The van der Waals surface area contributed by atoms with Crippen LogP contribution in [0.15, 0.2) is 60.7 Å². The number of carboxylic acid groups (broad SMARTS) is 1. The van der Waals surface area contributed by atoms with Gasteiger partial charge in [-0.05, 0) is 35.6 Å². The molecule has 0 spiro atoms. The summed E-state index contributed by atoms with van der Waals surface area (Å²) in [5.74, 6) is -1.17. The highest BCUT2D eigenvalue weighted by Crippen LogP contribution is 2.44. The second-order valence-corrected chi connectivity index (χ2v) is 6.52. The van der Waals surface area contributed by atoms with Gasteiger partial charge >= 0.3 is 12.1 Å². The van der Waals surface area contributed by atoms with Gasteiger partial charge in [-0.15, -0.1) is 6.58 Å². The van der Waals surface area contributed by atoms with E-state index in [0.717, 1.165) is 22.3 Å². The van der Waals surface area contributed by atoms with Crippen molar-refractivity contribution in [1.82, 2.24) is 5.32 Å². The average molecular weight is 351 g/mol. The van der Waals surface area contributed by atoms with Gasteiger partial charge < -0.3 is 15.2 Å². The molecule has 3 rings (SSSR count). The molecule has 134 valence electrons. The summed E-state index contributed by atoms with van der Waals surface area (Å²) in [6, 6.07) is 15.0. The summed E-state index contributed by atoms with van der Waals surface area (Å²) >= 11 is 0. The number of alkyl carbamates (subject to hydrolysis) is 1. The van der Waals surface area contributed by atoms with Crippen molar-refractivity contribution in [3.05, 3.63) is 71.8 Å². The Morgan fingerprint density at radius 1 is 1.12 bits per heavy atom. The molecular weight excluding hydrogens is 330 g/mol. The van der Waals surface area contributed by atoms with Crippen LogP contribution in [-0.2, 0) is 9.53 Å². The van der Waals surface area contributed by atoms with E-state index in [9.17, 15) is 14.7 Å². The minimum atomic E-state index is -1.11. The summed E-state index contributed by atoms with van der Waals surface area (Å²) in [7, 11) is 0. The van der Waals surface area contributed by atoms with E-state index in [1.54, 1.807) is 6.92 Å². The molecule has 1 amide bonds. The molecule has 2 N–H and O–H groups in total. The van der Waals surface area contributed by atoms with E-state index >= 15 is 0 Å². The number of fused-ring (bicyclic) bond motifs is 3. The van der Waals surface area contributed by atoms with Crippen molar-refractivity contribution < 1.29 is 19.4 Å². The highest BCUT2D eigenvalue weighted by molar-refractivity contribution is 5.81. The molecule has 0 aromatic heterocycles. The van der Waals surface area contributed by atoms with E-state index in [-0.39, 0.29) is 18.9 Å². The normalized spacial score (nSPS) is 13.4. The lowest BCUT2D eigenvalue weighted by Crippen LogP contribution is -2.41. The van der Waals surface area contributed by atoms with Crippen LogP contribution < -0.4 is 5.32 Å². The van der Waals surface area contributed by atoms with Crippen molar-refractivity contribution in [2.45, 2.75) is 25.3 Å². The molecule has 26 heavy (non-hydrogen) atoms. The van der Waals surface area contributed by atoms with Crippen molar-refractivity contribution in [1.29, 1.82) is 0 Å². The van der Waals surface area contributed by atoms with Crippen molar-refractivity contribution in [2.75, 3.05) is 6.61 Å². The number of ether oxygens (including phenoxy) is 1. The number of benzene rings is 2. The topological polar surface area (TPSA) is 75.6 Å². The summed E-state index contributed by atoms with van der Waals surface area (Å²) < 4.78 is 5.36. The minimum absolute atomic E-state index is 0.0578. The highest BCUT2D eigenvalue weighted by Gasteiger charge is 2.29. The maximum Gasteiger partial charge on any atom is 0.407 e. The molecule has 0 saturated heterocycles. The van der Waals surface area contributed by atoms with Crippen molar-refractivity contribution in [3.8, 4) is 11.1 Å². The summed E-state index contributed by atoms with van der Waals surface area (Å²) in [5, 5.41) is 11.6. The lowest BCUT2D eigenvalue weighted by Gasteiger charge is -2.17. The van der Waals surface area contributed by atoms with E-state index in [2.05, 4.69) is 24.0 Å². The zero-order chi connectivity index (χ0) is 18.7. The number of rotatable bonds is 6. The number of carbonyl (C=O) groups excluding carboxylic acids is 1. The van der Waals surface area contributed by atoms with Crippen molar-refractivity contribution in [2.24, 2.45) is 0 Å². The quantitative estimate of drug-likeness (QED) is 0.773. The van der Waals surface area contributed by atoms with Gasteiger partial charge in [0, 0.05) is 5.92 Å². The second kappa shape index (κ2) is 7.44. The van der Waals surface area contributed by atoms with E-state index in [1.165, 1.54) is 0 Å². The maximum atomic E-state index is 12.1. The first-order valence-corrected chi connectivity index (χ1v) is 8.46. The molecule has 0 unspecified atom stereocenters. The van der Waals surface area contributed by atoms with Gasteiger partial charge in [-0.1, -0.05) is 54.1 Å². The van der Waals surface area contributed by atoms with E-state index < -0.39 is 18.1 Å². The van der Waals surface area contributed by atoms with Crippen LogP contribution in [0, 0.1) is 0 Å². The zero-order valence-corrected chi connectivity index (χ0v) is 14.6. The third-order valence-electron chi connectivity index (χ3n) is 4.49. The third kappa shape index (κ3) is 3.61. The summed E-state index contributed by atoms with van der Waals surface area (Å²) in [6.07, 6.45) is -0.569. The summed E-state index contributed by atoms with van der Waals surface area (Å²) in [6.45, 7) is 5.56. The van der Waals surface area contributed by atoms with Gasteiger partial charge in [0.15, 0.2) is 0 Å². The van der Waals surface area contributed by atoms with E-state index in [1.807, 2.05) is 36.4 Å². The molecule has 0 heterocycles. The van der Waals surface area contributed by atoms with Gasteiger partial charge in [-0.3, -0.25) is 0 Å². The van der Waals surface area contributed by atoms with Gasteiger partial charge in [0.25, 0.3) is 0 Å². The van der Waals surface area contributed by atoms with Crippen LogP contribution in [0.3, 0.4) is 0 Å². The smallest absolute Gasteiger partial charge is 0.407 e. The first-order chi connectivity index (χ1) is 12.5. The largest absolute Gasteiger partial charge is 0.480 e. The number of aliphatic carboxylic acids is 1. The Kier molecular flexibility index (Phi) is 5.07. The van der Waals surface area contributed by atoms with Crippen LogP contribution >= 0.6 is 0 Å². The fourth-order valence-corrected chi connectivity index (χ4v) is 3.33. The Bertz CT molecular complexity index is 813. The Morgan fingerprint density at radius 3 is 2.15 bits per heavy atom. The fraction of sp³-hybridized carbons (Fsp3) is 0.238. The molecule has 0 radical (unpaired) electrons. The number of amides is 1. The van der Waals surface area contributed by atoms with Crippen LogP contribution in [0.25, 0.3) is 11.1 Å². The molecule has 0 saturated carbocycles. The molecule has 2 aromatic carbocycles. The molecule has 1 atom stereocenters. The molecule has 5 nitrogen and oxygen atoms in total. The SMILES string of the molecule is C=C(C)C[C@@H](NC(=O)OCC1c2ccccc2-c2ccccc21)C(=O)O. The van der Waals surface area contributed by atoms with E-state index in [4.69, 9.17) is 4.74 Å². The number of hydrogen-bond acceptors (Lipinski definition) is 3. The first kappa shape index (κ1) is 17.7. The molecule has 0 bridgehead atoms. The monoisotopic (exact) mass is 351 g/mol. The predicted molar refractivity (Wildman–Crippen MR) is 99.1 cm³/mol. The van der Waals surface area contributed by atoms with Gasteiger partial charge in [-0.2, -0.15) is 0 Å². The zero-order valence-electron chi connectivity index (χ0n) is 14.6. The van der Waals surface area contributed by atoms with Crippen LogP contribution in [-0.4, -0.2) is 29.8 Å². The number of hydrogen-bond donors (Lipinski definition) is 2. The maximum absolute atomic E-state index is 12.1. The molecule has 5 heteroatoms. The lowest BCUT2D eigenvalue weighted by atomic mass is 9.98. The lowest BCUT2D eigenvalue weighted by molar-refractivity contribution is -0.139. The number of carboxylic acids is 1. The van der Waals surface area contributed by atoms with Crippen LogP contribution in [0.4, 0.5) is 4.79 Å². The molecule has 0 aliphatic heterocycles. The summed E-state index contributed by atoms with van der Waals surface area (Å²) in [5.41, 5.74) is 5.18. The van der Waals surface area contributed by atoms with Gasteiger partial charge in [0.1, 0.15) is 12.6 Å². The van der Waals surface area contributed by atoms with Gasteiger partial charge in [0.2, 0.25) is 0 Å². The Balaban J connectivity index is 1.71. The molecular formula is C21H21NO4. The summed E-state index contributed by atoms with van der Waals surface area (Å²) in [4.78, 5) is 23.3. The Labute approximate surface area is 152 Å². The van der Waals surface area contributed by atoms with Crippen molar-refractivity contribution >= 4 is 12.1 Å². The fourth-order valence-electron chi connectivity index (χ4n) is 3.33. The molecule has 1 aliphatic rings. The molecule has 2 aromatic rings. The second-order valence-electron chi connectivity index (χ2n) is 6.52. The number of nitrogens with one attached hydrogen (secondary N) is 1. The highest BCUT2D eigenvalue weighted by atomic mass is 16.5. The van der Waals surface area contributed by atoms with Gasteiger partial charge in [0.05, 0.1) is 0 Å². The van der Waals surface area contributed by atoms with E-state index in [0.29, 0.717) is 5.57 Å². The Hall–Kier alpha value is -3.08. The van der Waals surface area contributed by atoms with Crippen LogP contribution in [0.2, 0.25) is 0 Å². The van der Waals surface area contributed by atoms with Crippen LogP contribution in [0.1, 0.15) is 30.4 Å². The third-order valence-corrected chi connectivity index (χ3v) is 4.49. The van der Waals surface area contributed by atoms with Crippen LogP contribution in [0.5, 0.6) is 0 Å². The molecule has 1 aliphatic carbocycles. The number of carbonyl (C=O) groups is 2. The average Bonchev–Trinajstić information content (AvgIpc) is 2.93. The minimum Gasteiger partial charge on any atom is -0.480 e.